The summed E-state index contributed by atoms with van der Waals surface area (Å²) in [6.45, 7) is 2.24. The molecule has 2 N–H and O–H groups in total. The van der Waals surface area contributed by atoms with Crippen LogP contribution in [0.25, 0.3) is 5.52 Å². The van der Waals surface area contributed by atoms with Gasteiger partial charge in [0.25, 0.3) is 0 Å². The van der Waals surface area contributed by atoms with Gasteiger partial charge in [-0.1, -0.05) is 18.9 Å². The van der Waals surface area contributed by atoms with Gasteiger partial charge >= 0.3 is 0 Å². The highest BCUT2D eigenvalue weighted by Crippen LogP contribution is 2.23. The quantitative estimate of drug-likeness (QED) is 0.817. The summed E-state index contributed by atoms with van der Waals surface area (Å²) in [6, 6.07) is 6.26. The standard InChI is InChI=1S/C13H18N4/c14-13-15-10-11-6-5-7-12(17(11)13)16-8-3-1-2-4-9-16/h5-7,10H,1-4,8-9H2,(H2,14,15). The number of nitrogens with zero attached hydrogens (tertiary/aromatic N) is 3. The molecule has 1 aliphatic heterocycles. The first-order chi connectivity index (χ1) is 8.36. The smallest absolute Gasteiger partial charge is 0.206 e. The SMILES string of the molecule is Nc1ncc2cccc(N3CCCCCC3)n12. The number of hydrogen-bond donors (Lipinski definition) is 1. The first-order valence-corrected chi connectivity index (χ1v) is 6.33. The molecule has 1 aliphatic rings. The monoisotopic (exact) mass is 230 g/mol. The number of nitrogens with two attached hydrogens (primary N) is 1. The Labute approximate surface area is 101 Å². The summed E-state index contributed by atoms with van der Waals surface area (Å²) in [4.78, 5) is 6.62. The Morgan fingerprint density at radius 3 is 2.59 bits per heavy atom. The van der Waals surface area contributed by atoms with E-state index in [0.29, 0.717) is 5.95 Å². The van der Waals surface area contributed by atoms with Crippen molar-refractivity contribution in [2.75, 3.05) is 23.7 Å². The normalized spacial score (nSPS) is 17.3. The Morgan fingerprint density at radius 1 is 1.06 bits per heavy atom. The van der Waals surface area contributed by atoms with Crippen LogP contribution in [0.15, 0.2) is 24.4 Å². The lowest BCUT2D eigenvalue weighted by Crippen LogP contribution is -2.26. The molecule has 1 fully saturated rings. The van der Waals surface area contributed by atoms with Gasteiger partial charge in [-0.05, 0) is 25.0 Å². The predicted molar refractivity (Wildman–Crippen MR) is 70.3 cm³/mol. The van der Waals surface area contributed by atoms with E-state index in [1.54, 1.807) is 0 Å². The number of imidazole rings is 1. The van der Waals surface area contributed by atoms with Crippen molar-refractivity contribution in [1.29, 1.82) is 0 Å². The number of pyridine rings is 1. The van der Waals surface area contributed by atoms with E-state index in [4.69, 9.17) is 5.73 Å². The number of nitrogen functional groups attached to an aromatic ring is 1. The number of anilines is 2. The van der Waals surface area contributed by atoms with E-state index in [1.807, 2.05) is 16.7 Å². The molecule has 0 unspecified atom stereocenters. The molecule has 0 aliphatic carbocycles. The van der Waals surface area contributed by atoms with Gasteiger partial charge < -0.3 is 10.6 Å². The number of aromatic nitrogens is 2. The average Bonchev–Trinajstić information content (AvgIpc) is 2.59. The van der Waals surface area contributed by atoms with Crippen LogP contribution in [0.5, 0.6) is 0 Å². The van der Waals surface area contributed by atoms with Crippen molar-refractivity contribution in [3.05, 3.63) is 24.4 Å². The maximum Gasteiger partial charge on any atom is 0.206 e. The van der Waals surface area contributed by atoms with Crippen molar-refractivity contribution >= 4 is 17.3 Å². The molecule has 2 aromatic heterocycles. The van der Waals surface area contributed by atoms with E-state index in [2.05, 4.69) is 22.0 Å². The summed E-state index contributed by atoms with van der Waals surface area (Å²) in [5.74, 6) is 1.76. The van der Waals surface area contributed by atoms with Gasteiger partial charge in [-0.3, -0.25) is 4.40 Å². The van der Waals surface area contributed by atoms with E-state index < -0.39 is 0 Å². The summed E-state index contributed by atoms with van der Waals surface area (Å²) >= 11 is 0. The zero-order valence-corrected chi connectivity index (χ0v) is 9.97. The summed E-state index contributed by atoms with van der Waals surface area (Å²) in [5, 5.41) is 0. The van der Waals surface area contributed by atoms with Gasteiger partial charge in [0.05, 0.1) is 11.7 Å². The van der Waals surface area contributed by atoms with Crippen LogP contribution in [0.2, 0.25) is 0 Å². The van der Waals surface area contributed by atoms with Gasteiger partial charge in [0.15, 0.2) is 0 Å². The van der Waals surface area contributed by atoms with Crippen molar-refractivity contribution in [2.24, 2.45) is 0 Å². The van der Waals surface area contributed by atoms with Gasteiger partial charge in [0.1, 0.15) is 5.82 Å². The molecule has 3 heterocycles. The number of fused-ring (bicyclic) bond motifs is 1. The van der Waals surface area contributed by atoms with Crippen molar-refractivity contribution in [1.82, 2.24) is 9.38 Å². The molecule has 4 heteroatoms. The Kier molecular flexibility index (Phi) is 2.63. The van der Waals surface area contributed by atoms with Crippen LogP contribution in [-0.2, 0) is 0 Å². The zero-order valence-electron chi connectivity index (χ0n) is 9.97. The fourth-order valence-electron chi connectivity index (χ4n) is 2.60. The Balaban J connectivity index is 2.06. The molecule has 0 radical (unpaired) electrons. The van der Waals surface area contributed by atoms with Crippen LogP contribution in [0.1, 0.15) is 25.7 Å². The average molecular weight is 230 g/mol. The lowest BCUT2D eigenvalue weighted by atomic mass is 10.2. The Morgan fingerprint density at radius 2 is 1.82 bits per heavy atom. The summed E-state index contributed by atoms with van der Waals surface area (Å²) < 4.78 is 2.05. The minimum Gasteiger partial charge on any atom is -0.369 e. The third-order valence-electron chi connectivity index (χ3n) is 3.49. The summed E-state index contributed by atoms with van der Waals surface area (Å²) in [6.07, 6.45) is 7.05. The third kappa shape index (κ3) is 1.84. The molecule has 2 aromatic rings. The van der Waals surface area contributed by atoms with E-state index in [-0.39, 0.29) is 0 Å². The fraction of sp³-hybridized carbons (Fsp3) is 0.462. The van der Waals surface area contributed by atoms with E-state index in [0.717, 1.165) is 18.6 Å². The highest BCUT2D eigenvalue weighted by atomic mass is 15.3. The molecular formula is C13H18N4. The predicted octanol–water partition coefficient (Wildman–Crippen LogP) is 2.30. The minimum atomic E-state index is 0.583. The summed E-state index contributed by atoms with van der Waals surface area (Å²) in [7, 11) is 0. The van der Waals surface area contributed by atoms with E-state index in [9.17, 15) is 0 Å². The van der Waals surface area contributed by atoms with E-state index >= 15 is 0 Å². The molecule has 3 rings (SSSR count). The molecule has 17 heavy (non-hydrogen) atoms. The van der Waals surface area contributed by atoms with Crippen LogP contribution in [-0.4, -0.2) is 22.5 Å². The van der Waals surface area contributed by atoms with Crippen molar-refractivity contribution in [2.45, 2.75) is 25.7 Å². The second-order valence-corrected chi connectivity index (χ2v) is 4.66. The second kappa shape index (κ2) is 4.28. The van der Waals surface area contributed by atoms with Crippen molar-refractivity contribution < 1.29 is 0 Å². The highest BCUT2D eigenvalue weighted by Gasteiger charge is 2.13. The molecule has 0 amide bonds. The first-order valence-electron chi connectivity index (χ1n) is 6.33. The molecule has 0 spiro atoms. The van der Waals surface area contributed by atoms with Gasteiger partial charge in [-0.25, -0.2) is 4.98 Å². The minimum absolute atomic E-state index is 0.583. The zero-order chi connectivity index (χ0) is 11.7. The van der Waals surface area contributed by atoms with Gasteiger partial charge in [0.2, 0.25) is 5.95 Å². The molecule has 90 valence electrons. The van der Waals surface area contributed by atoms with Gasteiger partial charge in [-0.2, -0.15) is 0 Å². The van der Waals surface area contributed by atoms with Crippen LogP contribution in [0, 0.1) is 0 Å². The van der Waals surface area contributed by atoms with Gasteiger partial charge in [0, 0.05) is 13.1 Å². The number of hydrogen-bond acceptors (Lipinski definition) is 3. The lowest BCUT2D eigenvalue weighted by molar-refractivity contribution is 0.726. The molecule has 4 nitrogen and oxygen atoms in total. The maximum absolute atomic E-state index is 5.95. The van der Waals surface area contributed by atoms with Gasteiger partial charge in [-0.15, -0.1) is 0 Å². The molecule has 1 saturated heterocycles. The molecule has 0 saturated carbocycles. The van der Waals surface area contributed by atoms with Crippen molar-refractivity contribution in [3.63, 3.8) is 0 Å². The number of rotatable bonds is 1. The third-order valence-corrected chi connectivity index (χ3v) is 3.49. The first kappa shape index (κ1) is 10.4. The largest absolute Gasteiger partial charge is 0.369 e. The molecule has 0 aromatic carbocycles. The van der Waals surface area contributed by atoms with Crippen LogP contribution >= 0.6 is 0 Å². The highest BCUT2D eigenvalue weighted by molar-refractivity contribution is 5.59. The topological polar surface area (TPSA) is 46.6 Å². The summed E-state index contributed by atoms with van der Waals surface area (Å²) in [5.41, 5.74) is 7.02. The molecule has 0 bridgehead atoms. The van der Waals surface area contributed by atoms with Crippen molar-refractivity contribution in [3.8, 4) is 0 Å². The molecular weight excluding hydrogens is 212 g/mol. The van der Waals surface area contributed by atoms with Crippen LogP contribution < -0.4 is 10.6 Å². The fourth-order valence-corrected chi connectivity index (χ4v) is 2.60. The van der Waals surface area contributed by atoms with E-state index in [1.165, 1.54) is 31.5 Å². The van der Waals surface area contributed by atoms with Crippen LogP contribution in [0.3, 0.4) is 0 Å². The maximum atomic E-state index is 5.95. The lowest BCUT2D eigenvalue weighted by Gasteiger charge is -2.23. The van der Waals surface area contributed by atoms with Crippen LogP contribution in [0.4, 0.5) is 11.8 Å². The Bertz CT molecular complexity index is 509. The Hall–Kier alpha value is -1.71. The molecule has 0 atom stereocenters. The second-order valence-electron chi connectivity index (χ2n) is 4.66.